The summed E-state index contributed by atoms with van der Waals surface area (Å²) in [7, 11) is -2.97. The summed E-state index contributed by atoms with van der Waals surface area (Å²) in [5.74, 6) is 3.16. The summed E-state index contributed by atoms with van der Waals surface area (Å²) < 4.78 is 17.9. The molecule has 7 aromatic carbocycles. The maximum Gasteiger partial charge on any atom is 0.189 e. The average Bonchev–Trinajstić information content (AvgIpc) is 3.91. The van der Waals surface area contributed by atoms with E-state index in [1.807, 2.05) is 30.7 Å². The van der Waals surface area contributed by atoms with Crippen molar-refractivity contribution in [1.82, 2.24) is 18.9 Å². The molecule has 1 aliphatic heterocycles. The highest BCUT2D eigenvalue weighted by Gasteiger charge is 2.49. The smallest absolute Gasteiger partial charge is 0.189 e. The summed E-state index contributed by atoms with van der Waals surface area (Å²) in [6.45, 7) is 0. The number of hydrogen-bond acceptors (Lipinski definition) is 4. The molecule has 12 rings (SSSR count). The summed E-state index contributed by atoms with van der Waals surface area (Å²) in [5.41, 5.74) is 4.92. The summed E-state index contributed by atoms with van der Waals surface area (Å²) >= 11 is 0. The number of rotatable bonds is 5. The molecule has 5 heterocycles. The molecule has 0 N–H and O–H groups in total. The highest BCUT2D eigenvalue weighted by atomic mass is 28.3. The summed E-state index contributed by atoms with van der Waals surface area (Å²) in [4.78, 5) is 9.97. The van der Waals surface area contributed by atoms with Gasteiger partial charge in [-0.15, -0.1) is 0 Å². The van der Waals surface area contributed by atoms with Crippen LogP contribution in [0.4, 0.5) is 0 Å². The largest absolute Gasteiger partial charge is 0.457 e. The van der Waals surface area contributed by atoms with Crippen molar-refractivity contribution in [3.05, 3.63) is 195 Å². The Morgan fingerprint density at radius 3 is 2.04 bits per heavy atom. The second kappa shape index (κ2) is 12.3. The van der Waals surface area contributed by atoms with Crippen molar-refractivity contribution in [2.45, 2.75) is 0 Å². The molecule has 0 unspecified atom stereocenters. The number of hydrogen-bond donors (Lipinski definition) is 0. The Hall–Kier alpha value is -7.48. The molecule has 0 fully saturated rings. The molecule has 7 heteroatoms. The lowest BCUT2D eigenvalue weighted by atomic mass is 10.1. The zero-order valence-corrected chi connectivity index (χ0v) is 31.6. The first-order valence-corrected chi connectivity index (χ1v) is 21.1. The minimum Gasteiger partial charge on any atom is -0.457 e. The molecule has 0 saturated carbocycles. The van der Waals surface area contributed by atoms with Crippen LogP contribution in [0.25, 0.3) is 54.9 Å². The van der Waals surface area contributed by atoms with Crippen molar-refractivity contribution in [2.24, 2.45) is 0 Å². The molecular weight excluding hydrogens is 717 g/mol. The average molecular weight is 749 g/mol. The van der Waals surface area contributed by atoms with E-state index in [-0.39, 0.29) is 0 Å². The van der Waals surface area contributed by atoms with Gasteiger partial charge in [-0.25, -0.2) is 9.97 Å². The van der Waals surface area contributed by atoms with Crippen molar-refractivity contribution in [1.29, 1.82) is 0 Å². The van der Waals surface area contributed by atoms with Crippen LogP contribution in [0.1, 0.15) is 0 Å². The van der Waals surface area contributed by atoms with Crippen molar-refractivity contribution < 1.29 is 9.47 Å². The van der Waals surface area contributed by atoms with Gasteiger partial charge in [0.25, 0.3) is 0 Å². The minimum atomic E-state index is -2.97. The van der Waals surface area contributed by atoms with E-state index in [1.54, 1.807) is 0 Å². The SMILES string of the molecule is c1ccc([Si]2(c3ccccc3)c3ccccc3Oc3cnc4c(c32)c2ccccc2n4-c2cccc(Oc3ccc4c5ccccc5n5ccnc5c4c3)c2)cc1. The van der Waals surface area contributed by atoms with Gasteiger partial charge in [0.1, 0.15) is 34.3 Å². The summed E-state index contributed by atoms with van der Waals surface area (Å²) in [5, 5.41) is 10.6. The van der Waals surface area contributed by atoms with Gasteiger partial charge >= 0.3 is 0 Å². The first-order chi connectivity index (χ1) is 28.3. The van der Waals surface area contributed by atoms with Crippen LogP contribution in [0, 0.1) is 0 Å². The Balaban J connectivity index is 1.07. The van der Waals surface area contributed by atoms with Crippen molar-refractivity contribution >= 4 is 78.1 Å². The van der Waals surface area contributed by atoms with Gasteiger partial charge in [-0.3, -0.25) is 8.97 Å². The van der Waals surface area contributed by atoms with Gasteiger partial charge in [-0.1, -0.05) is 121 Å². The standard InChI is InChI=1S/C50H32N4O2Si/c1-3-16-36(17-4-1)57(37-18-5-2-6-19-37)46-25-12-11-24-44(46)56-45-32-52-50-47(48(45)57)40-21-8-10-23-43(40)54(50)33-14-13-15-34(30-33)55-35-26-27-38-39-20-7-9-22-42(39)53-29-28-51-49(53)41(38)31-35/h1-32H. The van der Waals surface area contributed by atoms with E-state index in [0.29, 0.717) is 0 Å². The van der Waals surface area contributed by atoms with Crippen LogP contribution in [0.3, 0.4) is 0 Å². The molecule has 0 spiro atoms. The fourth-order valence-corrected chi connectivity index (χ4v) is 14.5. The van der Waals surface area contributed by atoms with E-state index in [2.05, 4.69) is 173 Å². The van der Waals surface area contributed by atoms with E-state index in [0.717, 1.165) is 72.6 Å². The first kappa shape index (κ1) is 31.8. The van der Waals surface area contributed by atoms with E-state index in [4.69, 9.17) is 19.4 Å². The highest BCUT2D eigenvalue weighted by Crippen LogP contribution is 2.39. The topological polar surface area (TPSA) is 53.6 Å². The third-order valence-electron chi connectivity index (χ3n) is 11.6. The molecule has 6 nitrogen and oxygen atoms in total. The van der Waals surface area contributed by atoms with Crippen LogP contribution >= 0.6 is 0 Å². The van der Waals surface area contributed by atoms with Gasteiger partial charge in [-0.05, 0) is 69.5 Å². The van der Waals surface area contributed by atoms with Gasteiger partial charge in [0, 0.05) is 45.2 Å². The van der Waals surface area contributed by atoms with Gasteiger partial charge in [0.05, 0.1) is 22.9 Å². The van der Waals surface area contributed by atoms with E-state index in [1.165, 1.54) is 26.1 Å². The van der Waals surface area contributed by atoms with E-state index >= 15 is 0 Å². The lowest BCUT2D eigenvalue weighted by Gasteiger charge is -2.39. The molecule has 1 aliphatic rings. The van der Waals surface area contributed by atoms with Crippen LogP contribution in [0.15, 0.2) is 195 Å². The van der Waals surface area contributed by atoms with Crippen molar-refractivity contribution in [3.8, 4) is 28.7 Å². The van der Waals surface area contributed by atoms with E-state index in [9.17, 15) is 0 Å². The number of para-hydroxylation sites is 3. The normalized spacial score (nSPS) is 13.2. The molecule has 57 heavy (non-hydrogen) atoms. The lowest BCUT2D eigenvalue weighted by Crippen LogP contribution is -2.76. The second-order valence-electron chi connectivity index (χ2n) is 14.6. The number of fused-ring (bicyclic) bond motifs is 12. The highest BCUT2D eigenvalue weighted by molar-refractivity contribution is 7.21. The first-order valence-electron chi connectivity index (χ1n) is 19.1. The van der Waals surface area contributed by atoms with Gasteiger partial charge in [-0.2, -0.15) is 0 Å². The third-order valence-corrected chi connectivity index (χ3v) is 16.5. The Bertz CT molecular complexity index is 3340. The van der Waals surface area contributed by atoms with Crippen LogP contribution in [0.5, 0.6) is 23.0 Å². The molecular formula is C50H32N4O2Si. The zero-order valence-electron chi connectivity index (χ0n) is 30.6. The van der Waals surface area contributed by atoms with Crippen LogP contribution < -0.4 is 30.2 Å². The number of imidazole rings is 1. The third kappa shape index (κ3) is 4.57. The number of pyridine rings is 2. The second-order valence-corrected chi connectivity index (χ2v) is 18.3. The maximum atomic E-state index is 6.85. The summed E-state index contributed by atoms with van der Waals surface area (Å²) in [6.07, 6.45) is 5.81. The molecule has 0 bridgehead atoms. The fraction of sp³-hybridized carbons (Fsp3) is 0. The number of aromatic nitrogens is 4. The van der Waals surface area contributed by atoms with E-state index < -0.39 is 8.07 Å². The quantitative estimate of drug-likeness (QED) is 0.130. The zero-order chi connectivity index (χ0) is 37.5. The molecule has 0 atom stereocenters. The number of benzene rings is 7. The number of nitrogens with zero attached hydrogens (tertiary/aromatic N) is 4. The van der Waals surface area contributed by atoms with Crippen LogP contribution in [-0.2, 0) is 0 Å². The molecule has 0 aliphatic carbocycles. The van der Waals surface area contributed by atoms with Gasteiger partial charge in [0.15, 0.2) is 8.07 Å². The Morgan fingerprint density at radius 2 is 1.21 bits per heavy atom. The summed E-state index contributed by atoms with van der Waals surface area (Å²) in [6, 6.07) is 62.3. The molecule has 0 saturated heterocycles. The van der Waals surface area contributed by atoms with Crippen LogP contribution in [0.2, 0.25) is 0 Å². The molecule has 0 amide bonds. The molecule has 268 valence electrons. The number of ether oxygens (including phenoxy) is 2. The Morgan fingerprint density at radius 1 is 0.509 bits per heavy atom. The fourth-order valence-electron chi connectivity index (χ4n) is 9.31. The Kier molecular flexibility index (Phi) is 6.85. The Labute approximate surface area is 328 Å². The van der Waals surface area contributed by atoms with Gasteiger partial charge in [0.2, 0.25) is 0 Å². The van der Waals surface area contributed by atoms with Crippen molar-refractivity contribution in [3.63, 3.8) is 0 Å². The van der Waals surface area contributed by atoms with Crippen LogP contribution in [-0.4, -0.2) is 27.0 Å². The molecule has 11 aromatic rings. The predicted octanol–water partition coefficient (Wildman–Crippen LogP) is 9.41. The van der Waals surface area contributed by atoms with Gasteiger partial charge < -0.3 is 9.47 Å². The molecule has 0 radical (unpaired) electrons. The minimum absolute atomic E-state index is 0.727. The predicted molar refractivity (Wildman–Crippen MR) is 233 cm³/mol. The maximum absolute atomic E-state index is 6.85. The van der Waals surface area contributed by atoms with Crippen molar-refractivity contribution in [2.75, 3.05) is 0 Å². The molecule has 4 aromatic heterocycles. The monoisotopic (exact) mass is 748 g/mol. The lowest BCUT2D eigenvalue weighted by molar-refractivity contribution is 0.483.